The van der Waals surface area contributed by atoms with Gasteiger partial charge in [0.15, 0.2) is 0 Å². The molecule has 0 saturated heterocycles. The van der Waals surface area contributed by atoms with E-state index < -0.39 is 10.0 Å². The SMILES string of the molecule is CCCS(=O)(=O)NCc1nc(C)cs1. The molecule has 1 rings (SSSR count). The highest BCUT2D eigenvalue weighted by Crippen LogP contribution is 2.08. The summed E-state index contributed by atoms with van der Waals surface area (Å²) in [7, 11) is -3.10. The molecule has 6 heteroatoms. The lowest BCUT2D eigenvalue weighted by Crippen LogP contribution is -2.25. The van der Waals surface area contributed by atoms with Crippen molar-refractivity contribution < 1.29 is 8.42 Å². The van der Waals surface area contributed by atoms with Crippen molar-refractivity contribution in [3.8, 4) is 0 Å². The number of aromatic nitrogens is 1. The molecule has 0 bridgehead atoms. The first-order valence-electron chi connectivity index (χ1n) is 4.42. The molecule has 0 aliphatic rings. The summed E-state index contributed by atoms with van der Waals surface area (Å²) in [5.41, 5.74) is 0.930. The van der Waals surface area contributed by atoms with Gasteiger partial charge in [0.2, 0.25) is 10.0 Å². The fourth-order valence-electron chi connectivity index (χ4n) is 0.996. The van der Waals surface area contributed by atoms with Crippen LogP contribution in [0, 0.1) is 6.92 Å². The van der Waals surface area contributed by atoms with E-state index in [-0.39, 0.29) is 5.75 Å². The Kier molecular flexibility index (Phi) is 4.03. The van der Waals surface area contributed by atoms with E-state index in [1.54, 1.807) is 0 Å². The zero-order chi connectivity index (χ0) is 10.6. The zero-order valence-electron chi connectivity index (χ0n) is 8.28. The predicted octanol–water partition coefficient (Wildman–Crippen LogP) is 1.28. The smallest absolute Gasteiger partial charge is 0.211 e. The van der Waals surface area contributed by atoms with Gasteiger partial charge >= 0.3 is 0 Å². The van der Waals surface area contributed by atoms with E-state index in [2.05, 4.69) is 9.71 Å². The van der Waals surface area contributed by atoms with Crippen LogP contribution in [0.15, 0.2) is 5.38 Å². The average molecular weight is 234 g/mol. The minimum atomic E-state index is -3.10. The molecule has 1 aromatic heterocycles. The van der Waals surface area contributed by atoms with Crippen molar-refractivity contribution in [3.63, 3.8) is 0 Å². The molecule has 14 heavy (non-hydrogen) atoms. The molecular formula is C8H14N2O2S2. The molecule has 0 unspecified atom stereocenters. The molecule has 80 valence electrons. The lowest BCUT2D eigenvalue weighted by atomic mass is 10.6. The highest BCUT2D eigenvalue weighted by atomic mass is 32.2. The van der Waals surface area contributed by atoms with Crippen molar-refractivity contribution in [2.75, 3.05) is 5.75 Å². The van der Waals surface area contributed by atoms with Gasteiger partial charge in [-0.2, -0.15) is 0 Å². The van der Waals surface area contributed by atoms with E-state index in [1.165, 1.54) is 11.3 Å². The minimum absolute atomic E-state index is 0.178. The van der Waals surface area contributed by atoms with Gasteiger partial charge in [-0.3, -0.25) is 0 Å². The van der Waals surface area contributed by atoms with Crippen LogP contribution in [-0.4, -0.2) is 19.2 Å². The second-order valence-electron chi connectivity index (χ2n) is 3.02. The van der Waals surface area contributed by atoms with E-state index in [1.807, 2.05) is 19.2 Å². The molecular weight excluding hydrogens is 220 g/mol. The Bertz CT molecular complexity index is 384. The second-order valence-corrected chi connectivity index (χ2v) is 5.89. The van der Waals surface area contributed by atoms with Crippen LogP contribution in [0.5, 0.6) is 0 Å². The van der Waals surface area contributed by atoms with Crippen molar-refractivity contribution in [2.45, 2.75) is 26.8 Å². The van der Waals surface area contributed by atoms with Crippen LogP contribution in [0.2, 0.25) is 0 Å². The Hall–Kier alpha value is -0.460. The molecule has 1 aromatic rings. The molecule has 0 atom stereocenters. The highest BCUT2D eigenvalue weighted by molar-refractivity contribution is 7.89. The molecule has 0 amide bonds. The van der Waals surface area contributed by atoms with Crippen LogP contribution >= 0.6 is 11.3 Å². The Morgan fingerprint density at radius 3 is 2.79 bits per heavy atom. The van der Waals surface area contributed by atoms with Crippen molar-refractivity contribution in [2.24, 2.45) is 0 Å². The van der Waals surface area contributed by atoms with Crippen LogP contribution in [0.25, 0.3) is 0 Å². The standard InChI is InChI=1S/C8H14N2O2S2/c1-3-4-14(11,12)9-5-8-10-7(2)6-13-8/h6,9H,3-5H2,1-2H3. The number of thiazole rings is 1. The molecule has 0 saturated carbocycles. The number of rotatable bonds is 5. The summed E-state index contributed by atoms with van der Waals surface area (Å²) in [5.74, 6) is 0.178. The monoisotopic (exact) mass is 234 g/mol. The average Bonchev–Trinajstić information content (AvgIpc) is 2.48. The summed E-state index contributed by atoms with van der Waals surface area (Å²) in [5, 5.41) is 2.71. The van der Waals surface area contributed by atoms with Gasteiger partial charge in [-0.1, -0.05) is 6.92 Å². The number of aryl methyl sites for hydroxylation is 1. The summed E-state index contributed by atoms with van der Waals surface area (Å²) in [6.45, 7) is 4.04. The molecule has 0 fully saturated rings. The van der Waals surface area contributed by atoms with Gasteiger partial charge in [0.1, 0.15) is 5.01 Å². The summed E-state index contributed by atoms with van der Waals surface area (Å²) in [6, 6.07) is 0. The lowest BCUT2D eigenvalue weighted by molar-refractivity contribution is 0.579. The first kappa shape index (κ1) is 11.6. The third kappa shape index (κ3) is 3.73. The third-order valence-corrected chi connectivity index (χ3v) is 4.08. The van der Waals surface area contributed by atoms with Gasteiger partial charge in [0, 0.05) is 11.1 Å². The molecule has 4 nitrogen and oxygen atoms in total. The third-order valence-electron chi connectivity index (χ3n) is 1.58. The number of sulfonamides is 1. The molecule has 0 aliphatic carbocycles. The van der Waals surface area contributed by atoms with Gasteiger partial charge in [0.05, 0.1) is 12.3 Å². The van der Waals surface area contributed by atoms with E-state index in [0.29, 0.717) is 13.0 Å². The summed E-state index contributed by atoms with van der Waals surface area (Å²) < 4.78 is 25.1. The quantitative estimate of drug-likeness (QED) is 0.835. The van der Waals surface area contributed by atoms with E-state index >= 15 is 0 Å². The highest BCUT2D eigenvalue weighted by Gasteiger charge is 2.08. The topological polar surface area (TPSA) is 59.1 Å². The van der Waals surface area contributed by atoms with Crippen LogP contribution in [-0.2, 0) is 16.6 Å². The fourth-order valence-corrected chi connectivity index (χ4v) is 2.84. The van der Waals surface area contributed by atoms with Gasteiger partial charge in [0.25, 0.3) is 0 Å². The summed E-state index contributed by atoms with van der Waals surface area (Å²) in [4.78, 5) is 4.17. The Labute approximate surface area is 88.4 Å². The van der Waals surface area contributed by atoms with Crippen LogP contribution in [0.1, 0.15) is 24.0 Å². The van der Waals surface area contributed by atoms with Crippen LogP contribution in [0.3, 0.4) is 0 Å². The maximum atomic E-state index is 11.3. The van der Waals surface area contributed by atoms with Gasteiger partial charge in [-0.25, -0.2) is 18.1 Å². The van der Waals surface area contributed by atoms with Gasteiger partial charge in [-0.05, 0) is 13.3 Å². The van der Waals surface area contributed by atoms with Gasteiger partial charge in [-0.15, -0.1) is 11.3 Å². The summed E-state index contributed by atoms with van der Waals surface area (Å²) >= 11 is 1.47. The predicted molar refractivity (Wildman–Crippen MR) is 57.8 cm³/mol. The summed E-state index contributed by atoms with van der Waals surface area (Å²) in [6.07, 6.45) is 0.631. The van der Waals surface area contributed by atoms with Crippen molar-refractivity contribution in [3.05, 3.63) is 16.1 Å². The van der Waals surface area contributed by atoms with Crippen molar-refractivity contribution >= 4 is 21.4 Å². The largest absolute Gasteiger partial charge is 0.245 e. The number of nitrogens with zero attached hydrogens (tertiary/aromatic N) is 1. The minimum Gasteiger partial charge on any atom is -0.245 e. The first-order chi connectivity index (χ1) is 6.53. The molecule has 1 heterocycles. The molecule has 0 aromatic carbocycles. The van der Waals surface area contributed by atoms with Crippen molar-refractivity contribution in [1.29, 1.82) is 0 Å². The van der Waals surface area contributed by atoms with E-state index in [9.17, 15) is 8.42 Å². The maximum absolute atomic E-state index is 11.3. The van der Waals surface area contributed by atoms with E-state index in [0.717, 1.165) is 10.7 Å². The lowest BCUT2D eigenvalue weighted by Gasteiger charge is -2.02. The number of nitrogens with one attached hydrogen (secondary N) is 1. The molecule has 1 N–H and O–H groups in total. The fraction of sp³-hybridized carbons (Fsp3) is 0.625. The molecule has 0 aliphatic heterocycles. The van der Waals surface area contributed by atoms with Gasteiger partial charge < -0.3 is 0 Å². The Morgan fingerprint density at radius 1 is 1.57 bits per heavy atom. The van der Waals surface area contributed by atoms with Crippen molar-refractivity contribution in [1.82, 2.24) is 9.71 Å². The maximum Gasteiger partial charge on any atom is 0.211 e. The number of hydrogen-bond acceptors (Lipinski definition) is 4. The van der Waals surface area contributed by atoms with Crippen LogP contribution < -0.4 is 4.72 Å². The van der Waals surface area contributed by atoms with Crippen LogP contribution in [0.4, 0.5) is 0 Å². The molecule has 0 radical (unpaired) electrons. The Balaban J connectivity index is 2.48. The number of hydrogen-bond donors (Lipinski definition) is 1. The first-order valence-corrected chi connectivity index (χ1v) is 6.95. The normalized spacial score (nSPS) is 11.9. The zero-order valence-corrected chi connectivity index (χ0v) is 9.91. The van der Waals surface area contributed by atoms with E-state index in [4.69, 9.17) is 0 Å². The second kappa shape index (κ2) is 4.86. The molecule has 0 spiro atoms. The Morgan fingerprint density at radius 2 is 2.29 bits per heavy atom.